The Hall–Kier alpha value is -2.93. The van der Waals surface area contributed by atoms with Crippen LogP contribution in [0.5, 0.6) is 0 Å². The molecule has 6 rings (SSSR count). The maximum absolute atomic E-state index is 13.8. The summed E-state index contributed by atoms with van der Waals surface area (Å²) in [5.74, 6) is -0.250. The molecule has 2 aliphatic heterocycles. The highest BCUT2D eigenvalue weighted by atomic mass is 32.2. The number of halogens is 1. The van der Waals surface area contributed by atoms with Crippen molar-refractivity contribution in [1.82, 2.24) is 24.4 Å². The number of amides is 1. The van der Waals surface area contributed by atoms with Crippen molar-refractivity contribution < 1.29 is 27.4 Å². The fraction of sp³-hybridized carbons (Fsp3) is 0.536. The molecule has 2 aromatic heterocycles. The highest BCUT2D eigenvalue weighted by Gasteiger charge is 2.33. The Labute approximate surface area is 232 Å². The van der Waals surface area contributed by atoms with Crippen LogP contribution in [0.2, 0.25) is 0 Å². The first kappa shape index (κ1) is 27.3. The standard InChI is InChI=1S/C28H34FN5O5S/c1-40(36,37)32-28(35)24-15-23(19-9-12-33(13-10-19)16-18-11-14-38-39-17-18)25-26(20-3-2-4-20)31-34(27(25)30-24)22-7-5-21(29)6-8-22/h5-8,15,18-20H,2-4,9-14,16-17H2,1H3,(H,32,35). The number of hydrogen-bond donors (Lipinski definition) is 1. The molecule has 1 aliphatic carbocycles. The average molecular weight is 572 g/mol. The van der Waals surface area contributed by atoms with Gasteiger partial charge < -0.3 is 4.90 Å². The van der Waals surface area contributed by atoms with Crippen molar-refractivity contribution in [2.75, 3.05) is 39.1 Å². The monoisotopic (exact) mass is 571 g/mol. The van der Waals surface area contributed by atoms with E-state index in [4.69, 9.17) is 14.9 Å². The topological polar surface area (TPSA) is 116 Å². The van der Waals surface area contributed by atoms with E-state index in [1.165, 1.54) is 12.1 Å². The number of sulfonamides is 1. The van der Waals surface area contributed by atoms with Crippen molar-refractivity contribution in [2.24, 2.45) is 5.92 Å². The number of rotatable bonds is 7. The van der Waals surface area contributed by atoms with Crippen molar-refractivity contribution in [3.8, 4) is 5.69 Å². The lowest BCUT2D eigenvalue weighted by molar-refractivity contribution is -0.324. The molecule has 1 amide bonds. The number of nitrogens with zero attached hydrogens (tertiary/aromatic N) is 4. The van der Waals surface area contributed by atoms with Crippen LogP contribution >= 0.6 is 0 Å². The van der Waals surface area contributed by atoms with Gasteiger partial charge in [-0.3, -0.25) is 4.79 Å². The van der Waals surface area contributed by atoms with Crippen LogP contribution in [0.1, 0.15) is 72.1 Å². The Morgan fingerprint density at radius 3 is 2.45 bits per heavy atom. The molecule has 1 unspecified atom stereocenters. The maximum Gasteiger partial charge on any atom is 0.283 e. The van der Waals surface area contributed by atoms with Crippen molar-refractivity contribution >= 4 is 27.0 Å². The van der Waals surface area contributed by atoms with Crippen LogP contribution < -0.4 is 4.72 Å². The molecule has 1 aromatic carbocycles. The Morgan fingerprint density at radius 1 is 1.07 bits per heavy atom. The van der Waals surface area contributed by atoms with E-state index >= 15 is 0 Å². The molecule has 2 saturated heterocycles. The van der Waals surface area contributed by atoms with Crippen LogP contribution in [0.15, 0.2) is 30.3 Å². The summed E-state index contributed by atoms with van der Waals surface area (Å²) >= 11 is 0. The van der Waals surface area contributed by atoms with Gasteiger partial charge in [-0.15, -0.1) is 0 Å². The lowest BCUT2D eigenvalue weighted by Crippen LogP contribution is -2.39. The molecular formula is C28H34FN5O5S. The number of fused-ring (bicyclic) bond motifs is 1. The van der Waals surface area contributed by atoms with Gasteiger partial charge in [-0.05, 0) is 87.0 Å². The minimum Gasteiger partial charge on any atom is -0.303 e. The molecule has 0 spiro atoms. The number of piperidine rings is 1. The van der Waals surface area contributed by atoms with Crippen LogP contribution in [0.4, 0.5) is 4.39 Å². The normalized spacial score (nSPS) is 21.4. The first-order valence-electron chi connectivity index (χ1n) is 13.9. The Balaban J connectivity index is 1.40. The molecule has 0 radical (unpaired) electrons. The van der Waals surface area contributed by atoms with Crippen molar-refractivity contribution in [3.05, 3.63) is 53.1 Å². The zero-order valence-electron chi connectivity index (χ0n) is 22.5. The van der Waals surface area contributed by atoms with Crippen LogP contribution in [-0.4, -0.2) is 73.1 Å². The molecule has 0 bridgehead atoms. The third kappa shape index (κ3) is 5.76. The second-order valence-electron chi connectivity index (χ2n) is 11.2. The number of aromatic nitrogens is 3. The van der Waals surface area contributed by atoms with Crippen LogP contribution in [0.3, 0.4) is 0 Å². The summed E-state index contributed by atoms with van der Waals surface area (Å²) < 4.78 is 41.3. The van der Waals surface area contributed by atoms with Crippen molar-refractivity contribution in [2.45, 2.75) is 50.4 Å². The lowest BCUT2D eigenvalue weighted by Gasteiger charge is -2.35. The summed E-state index contributed by atoms with van der Waals surface area (Å²) in [7, 11) is -3.78. The number of likely N-dealkylation sites (tertiary alicyclic amines) is 1. The number of carbonyl (C=O) groups excluding carboxylic acids is 1. The zero-order valence-corrected chi connectivity index (χ0v) is 23.3. The quantitative estimate of drug-likeness (QED) is 0.427. The van der Waals surface area contributed by atoms with Crippen LogP contribution in [-0.2, 0) is 19.8 Å². The van der Waals surface area contributed by atoms with Gasteiger partial charge >= 0.3 is 0 Å². The largest absolute Gasteiger partial charge is 0.303 e. The van der Waals surface area contributed by atoms with Gasteiger partial charge in [0.05, 0.1) is 30.9 Å². The first-order valence-corrected chi connectivity index (χ1v) is 15.8. The summed E-state index contributed by atoms with van der Waals surface area (Å²) in [4.78, 5) is 30.4. The van der Waals surface area contributed by atoms with E-state index in [9.17, 15) is 17.6 Å². The second kappa shape index (κ2) is 11.2. The molecule has 1 N–H and O–H groups in total. The number of benzene rings is 1. The van der Waals surface area contributed by atoms with E-state index < -0.39 is 15.9 Å². The molecule has 214 valence electrons. The fourth-order valence-electron chi connectivity index (χ4n) is 6.00. The van der Waals surface area contributed by atoms with Gasteiger partial charge in [0.25, 0.3) is 5.91 Å². The molecule has 1 saturated carbocycles. The molecule has 4 heterocycles. The van der Waals surface area contributed by atoms with Gasteiger partial charge in [0.2, 0.25) is 10.0 Å². The summed E-state index contributed by atoms with van der Waals surface area (Å²) in [5.41, 5.74) is 3.08. The van der Waals surface area contributed by atoms with Gasteiger partial charge in [-0.25, -0.2) is 37.0 Å². The van der Waals surface area contributed by atoms with E-state index in [2.05, 4.69) is 14.6 Å². The number of carbonyl (C=O) groups is 1. The van der Waals surface area contributed by atoms with E-state index in [0.717, 1.165) is 81.1 Å². The van der Waals surface area contributed by atoms with Crippen molar-refractivity contribution in [1.29, 1.82) is 0 Å². The fourth-order valence-corrected chi connectivity index (χ4v) is 6.44. The molecule has 3 fully saturated rings. The minimum atomic E-state index is -3.78. The van der Waals surface area contributed by atoms with Crippen LogP contribution in [0, 0.1) is 11.7 Å². The number of pyridine rings is 1. The molecule has 40 heavy (non-hydrogen) atoms. The van der Waals surface area contributed by atoms with E-state index in [-0.39, 0.29) is 23.3 Å². The third-order valence-electron chi connectivity index (χ3n) is 8.31. The molecule has 12 heteroatoms. The minimum absolute atomic E-state index is 0.0260. The second-order valence-corrected chi connectivity index (χ2v) is 13.0. The highest BCUT2D eigenvalue weighted by molar-refractivity contribution is 7.89. The lowest BCUT2D eigenvalue weighted by atomic mass is 9.79. The zero-order chi connectivity index (χ0) is 27.9. The average Bonchev–Trinajstić information content (AvgIpc) is 3.27. The summed E-state index contributed by atoms with van der Waals surface area (Å²) in [6.07, 6.45) is 6.89. The van der Waals surface area contributed by atoms with Crippen LogP contribution in [0.25, 0.3) is 16.7 Å². The van der Waals surface area contributed by atoms with Gasteiger partial charge in [-0.1, -0.05) is 6.42 Å². The highest BCUT2D eigenvalue weighted by Crippen LogP contribution is 2.43. The summed E-state index contributed by atoms with van der Waals surface area (Å²) in [5, 5.41) is 5.91. The molecule has 10 nitrogen and oxygen atoms in total. The Morgan fingerprint density at radius 2 is 1.82 bits per heavy atom. The Bertz CT molecular complexity index is 1490. The van der Waals surface area contributed by atoms with E-state index in [1.807, 2.05) is 0 Å². The summed E-state index contributed by atoms with van der Waals surface area (Å²) in [6.45, 7) is 4.00. The predicted octanol–water partition coefficient (Wildman–Crippen LogP) is 3.66. The first-order chi connectivity index (χ1) is 19.2. The van der Waals surface area contributed by atoms with E-state index in [1.54, 1.807) is 22.9 Å². The van der Waals surface area contributed by atoms with Gasteiger partial charge in [0, 0.05) is 23.8 Å². The number of hydrogen-bond acceptors (Lipinski definition) is 8. The molecule has 3 aromatic rings. The summed E-state index contributed by atoms with van der Waals surface area (Å²) in [6, 6.07) is 7.76. The molecule has 1 atom stereocenters. The van der Waals surface area contributed by atoms with Gasteiger partial charge in [0.15, 0.2) is 5.65 Å². The molecular weight excluding hydrogens is 537 g/mol. The Kier molecular flexibility index (Phi) is 7.60. The number of nitrogens with one attached hydrogen (secondary N) is 1. The maximum atomic E-state index is 13.8. The van der Waals surface area contributed by atoms with Gasteiger partial charge in [-0.2, -0.15) is 5.10 Å². The predicted molar refractivity (Wildman–Crippen MR) is 146 cm³/mol. The molecule has 3 aliphatic rings. The van der Waals surface area contributed by atoms with Gasteiger partial charge in [0.1, 0.15) is 11.5 Å². The smallest absolute Gasteiger partial charge is 0.283 e. The third-order valence-corrected chi connectivity index (χ3v) is 8.87. The van der Waals surface area contributed by atoms with E-state index in [0.29, 0.717) is 30.5 Å². The van der Waals surface area contributed by atoms with Crippen molar-refractivity contribution in [3.63, 3.8) is 0 Å². The SMILES string of the molecule is CS(=O)(=O)NC(=O)c1cc(C2CCN(CC3CCOOC3)CC2)c2c(C3CCC3)nn(-c3ccc(F)cc3)c2n1.